The van der Waals surface area contributed by atoms with Gasteiger partial charge in [0.05, 0.1) is 10.6 Å². The zero-order chi connectivity index (χ0) is 22.0. The number of rotatable bonds is 6. The summed E-state index contributed by atoms with van der Waals surface area (Å²) in [6.07, 6.45) is 0. The van der Waals surface area contributed by atoms with Crippen LogP contribution in [0.3, 0.4) is 0 Å². The Balaban J connectivity index is 1.79. The summed E-state index contributed by atoms with van der Waals surface area (Å²) in [5.74, 6) is 0.676. The molecule has 0 saturated carbocycles. The maximum atomic E-state index is 11.8. The van der Waals surface area contributed by atoms with E-state index in [0.717, 1.165) is 22.5 Å². The molecule has 4 rings (SSSR count). The van der Waals surface area contributed by atoms with Crippen molar-refractivity contribution in [3.05, 3.63) is 101 Å². The molecule has 0 radical (unpaired) electrons. The van der Waals surface area contributed by atoms with Crippen molar-refractivity contribution in [2.24, 2.45) is 5.14 Å². The SMILES string of the molecule is Cc1ccc(-c2cc(Cl)ccc2OCc2ccccc2)n1-c1cccc(S(N)(=O)=O)c1. The highest BCUT2D eigenvalue weighted by atomic mass is 35.5. The van der Waals surface area contributed by atoms with Crippen LogP contribution in [-0.2, 0) is 16.6 Å². The van der Waals surface area contributed by atoms with Crippen LogP contribution in [0, 0.1) is 6.92 Å². The van der Waals surface area contributed by atoms with E-state index >= 15 is 0 Å². The van der Waals surface area contributed by atoms with Gasteiger partial charge < -0.3 is 9.30 Å². The number of ether oxygens (including phenoxy) is 1. The number of benzene rings is 3. The fourth-order valence-corrected chi connectivity index (χ4v) is 4.18. The Morgan fingerprint density at radius 3 is 2.45 bits per heavy atom. The lowest BCUT2D eigenvalue weighted by atomic mass is 10.1. The number of aryl methyl sites for hydroxylation is 1. The lowest BCUT2D eigenvalue weighted by molar-refractivity contribution is 0.307. The van der Waals surface area contributed by atoms with E-state index in [2.05, 4.69) is 0 Å². The first-order chi connectivity index (χ1) is 14.8. The predicted molar refractivity (Wildman–Crippen MR) is 123 cm³/mol. The summed E-state index contributed by atoms with van der Waals surface area (Å²) in [6.45, 7) is 2.36. The van der Waals surface area contributed by atoms with Gasteiger partial charge in [-0.1, -0.05) is 48.0 Å². The van der Waals surface area contributed by atoms with Crippen LogP contribution in [0.15, 0.2) is 89.8 Å². The van der Waals surface area contributed by atoms with Crippen LogP contribution < -0.4 is 9.88 Å². The maximum absolute atomic E-state index is 11.8. The summed E-state index contributed by atoms with van der Waals surface area (Å²) >= 11 is 6.31. The number of nitrogens with zero attached hydrogens (tertiary/aromatic N) is 1. The van der Waals surface area contributed by atoms with Gasteiger partial charge in [0.25, 0.3) is 0 Å². The molecule has 0 spiro atoms. The summed E-state index contributed by atoms with van der Waals surface area (Å²) in [6, 6.07) is 25.8. The lowest BCUT2D eigenvalue weighted by Crippen LogP contribution is -2.12. The predicted octanol–water partition coefficient (Wildman–Crippen LogP) is 5.33. The number of sulfonamides is 1. The number of aromatic nitrogens is 1. The highest BCUT2D eigenvalue weighted by molar-refractivity contribution is 7.89. The van der Waals surface area contributed by atoms with E-state index in [4.69, 9.17) is 21.5 Å². The van der Waals surface area contributed by atoms with Crippen molar-refractivity contribution in [3.8, 4) is 22.7 Å². The van der Waals surface area contributed by atoms with Gasteiger partial charge in [-0.15, -0.1) is 0 Å². The summed E-state index contributed by atoms with van der Waals surface area (Å²) in [5.41, 5.74) is 4.29. The minimum atomic E-state index is -3.82. The minimum Gasteiger partial charge on any atom is -0.488 e. The molecule has 2 N–H and O–H groups in total. The van der Waals surface area contributed by atoms with Gasteiger partial charge in [-0.25, -0.2) is 13.6 Å². The molecule has 0 atom stereocenters. The molecule has 0 unspecified atom stereocenters. The fourth-order valence-electron chi connectivity index (χ4n) is 3.45. The highest BCUT2D eigenvalue weighted by Gasteiger charge is 2.16. The molecular weight excluding hydrogens is 432 g/mol. The molecule has 158 valence electrons. The molecule has 7 heteroatoms. The molecule has 4 aromatic rings. The first-order valence-electron chi connectivity index (χ1n) is 9.61. The van der Waals surface area contributed by atoms with Gasteiger partial charge in [0.1, 0.15) is 12.4 Å². The second-order valence-electron chi connectivity index (χ2n) is 7.15. The number of hydrogen-bond acceptors (Lipinski definition) is 3. The summed E-state index contributed by atoms with van der Waals surface area (Å²) in [4.78, 5) is 0.0516. The molecule has 0 aliphatic carbocycles. The topological polar surface area (TPSA) is 74.3 Å². The fraction of sp³-hybridized carbons (Fsp3) is 0.0833. The third-order valence-corrected chi connectivity index (χ3v) is 6.08. The van der Waals surface area contributed by atoms with Crippen LogP contribution in [0.25, 0.3) is 16.9 Å². The van der Waals surface area contributed by atoms with Crippen LogP contribution in [0.4, 0.5) is 0 Å². The maximum Gasteiger partial charge on any atom is 0.238 e. The molecule has 0 bridgehead atoms. The van der Waals surface area contributed by atoms with Gasteiger partial charge >= 0.3 is 0 Å². The van der Waals surface area contributed by atoms with Crippen molar-refractivity contribution in [1.82, 2.24) is 4.57 Å². The summed E-state index contributed by atoms with van der Waals surface area (Å²) in [5, 5.41) is 5.91. The van der Waals surface area contributed by atoms with Crippen LogP contribution in [0.1, 0.15) is 11.3 Å². The Morgan fingerprint density at radius 2 is 1.71 bits per heavy atom. The first-order valence-corrected chi connectivity index (χ1v) is 11.5. The number of primary sulfonamides is 1. The molecule has 1 aromatic heterocycles. The average Bonchev–Trinajstić information content (AvgIpc) is 3.14. The molecule has 0 fully saturated rings. The number of halogens is 1. The van der Waals surface area contributed by atoms with Crippen LogP contribution >= 0.6 is 11.6 Å². The molecular formula is C24H21ClN2O3S. The van der Waals surface area contributed by atoms with E-state index in [1.54, 1.807) is 18.2 Å². The van der Waals surface area contributed by atoms with Crippen molar-refractivity contribution in [2.75, 3.05) is 0 Å². The van der Waals surface area contributed by atoms with Gasteiger partial charge in [0.15, 0.2) is 0 Å². The number of hydrogen-bond donors (Lipinski definition) is 1. The minimum absolute atomic E-state index is 0.0516. The Bertz CT molecular complexity index is 1330. The van der Waals surface area contributed by atoms with Crippen LogP contribution in [-0.4, -0.2) is 13.0 Å². The van der Waals surface area contributed by atoms with Crippen molar-refractivity contribution in [2.45, 2.75) is 18.4 Å². The molecule has 31 heavy (non-hydrogen) atoms. The zero-order valence-corrected chi connectivity index (χ0v) is 18.4. The summed E-state index contributed by atoms with van der Waals surface area (Å²) in [7, 11) is -3.82. The van der Waals surface area contributed by atoms with Gasteiger partial charge in [-0.05, 0) is 61.0 Å². The largest absolute Gasteiger partial charge is 0.488 e. The van der Waals surface area contributed by atoms with E-state index in [1.165, 1.54) is 6.07 Å². The van der Waals surface area contributed by atoms with E-state index in [9.17, 15) is 8.42 Å². The molecule has 3 aromatic carbocycles. The number of nitrogens with two attached hydrogens (primary N) is 1. The monoisotopic (exact) mass is 452 g/mol. The highest BCUT2D eigenvalue weighted by Crippen LogP contribution is 2.36. The van der Waals surface area contributed by atoms with Crippen molar-refractivity contribution >= 4 is 21.6 Å². The van der Waals surface area contributed by atoms with Crippen LogP contribution in [0.2, 0.25) is 5.02 Å². The Labute approximate surface area is 186 Å². The van der Waals surface area contributed by atoms with E-state index in [1.807, 2.05) is 72.2 Å². The van der Waals surface area contributed by atoms with Crippen molar-refractivity contribution in [1.29, 1.82) is 0 Å². The Hall–Kier alpha value is -3.06. The zero-order valence-electron chi connectivity index (χ0n) is 16.8. The molecule has 0 aliphatic rings. The van der Waals surface area contributed by atoms with Crippen LogP contribution in [0.5, 0.6) is 5.75 Å². The first kappa shape index (κ1) is 21.2. The van der Waals surface area contributed by atoms with E-state index in [-0.39, 0.29) is 4.90 Å². The second kappa shape index (κ2) is 8.59. The quantitative estimate of drug-likeness (QED) is 0.429. The normalized spacial score (nSPS) is 11.5. The van der Waals surface area contributed by atoms with Crippen molar-refractivity contribution in [3.63, 3.8) is 0 Å². The van der Waals surface area contributed by atoms with Gasteiger partial charge in [0, 0.05) is 22.0 Å². The molecule has 5 nitrogen and oxygen atoms in total. The summed E-state index contributed by atoms with van der Waals surface area (Å²) < 4.78 is 31.8. The van der Waals surface area contributed by atoms with Gasteiger partial charge in [-0.3, -0.25) is 0 Å². The average molecular weight is 453 g/mol. The lowest BCUT2D eigenvalue weighted by Gasteiger charge is -2.16. The molecule has 1 heterocycles. The molecule has 0 aliphatic heterocycles. The van der Waals surface area contributed by atoms with E-state index < -0.39 is 10.0 Å². The van der Waals surface area contributed by atoms with Gasteiger partial charge in [-0.2, -0.15) is 0 Å². The molecule has 0 saturated heterocycles. The van der Waals surface area contributed by atoms with Gasteiger partial charge in [0.2, 0.25) is 10.0 Å². The standard InChI is InChI=1S/C24H21ClN2O3S/c1-17-10-12-23(27(17)20-8-5-9-21(15-20)31(26,28)29)22-14-19(25)11-13-24(22)30-16-18-6-3-2-4-7-18/h2-15H,16H2,1H3,(H2,26,28,29). The Morgan fingerprint density at radius 1 is 0.935 bits per heavy atom. The smallest absolute Gasteiger partial charge is 0.238 e. The second-order valence-corrected chi connectivity index (χ2v) is 9.15. The third kappa shape index (κ3) is 4.66. The molecule has 0 amide bonds. The third-order valence-electron chi connectivity index (χ3n) is 4.94. The Kier molecular flexibility index (Phi) is 5.87. The van der Waals surface area contributed by atoms with E-state index in [0.29, 0.717) is 23.1 Å². The van der Waals surface area contributed by atoms with Crippen molar-refractivity contribution < 1.29 is 13.2 Å².